The van der Waals surface area contributed by atoms with E-state index >= 15 is 0 Å². The van der Waals surface area contributed by atoms with E-state index in [1.165, 1.54) is 0 Å². The number of halogens is 1. The molecule has 2 heterocycles. The second kappa shape index (κ2) is 7.04. The van der Waals surface area contributed by atoms with Gasteiger partial charge in [0.05, 0.1) is 7.11 Å². The second-order valence-corrected chi connectivity index (χ2v) is 7.62. The van der Waals surface area contributed by atoms with Crippen LogP contribution in [-0.4, -0.2) is 27.7 Å². The van der Waals surface area contributed by atoms with Gasteiger partial charge in [-0.25, -0.2) is 4.68 Å². The number of benzene rings is 2. The van der Waals surface area contributed by atoms with Crippen LogP contribution in [0.5, 0.6) is 5.75 Å². The number of allylic oxidation sites excluding steroid dienone is 2. The number of nitrogens with zero attached hydrogens (tertiary/aromatic N) is 3. The Kier molecular flexibility index (Phi) is 4.36. The summed E-state index contributed by atoms with van der Waals surface area (Å²) < 4.78 is 7.04. The van der Waals surface area contributed by atoms with E-state index in [2.05, 4.69) is 5.32 Å². The fraction of sp³-hybridized carbons (Fsp3) is 0.227. The number of Topliss-reactive ketones (excluding diaryl/α,β-unsaturated/α-hetero) is 1. The zero-order valence-electron chi connectivity index (χ0n) is 15.9. The predicted octanol–water partition coefficient (Wildman–Crippen LogP) is 4.63. The van der Waals surface area contributed by atoms with Crippen LogP contribution in [0.1, 0.15) is 30.9 Å². The van der Waals surface area contributed by atoms with Crippen LogP contribution >= 0.6 is 11.6 Å². The van der Waals surface area contributed by atoms with E-state index in [1.807, 2.05) is 53.2 Å². The number of fused-ring (bicyclic) bond motifs is 1. The Bertz CT molecular complexity index is 1120. The van der Waals surface area contributed by atoms with Crippen molar-refractivity contribution in [2.24, 2.45) is 0 Å². The number of hydrogen-bond acceptors (Lipinski definition) is 5. The van der Waals surface area contributed by atoms with Crippen LogP contribution in [0.15, 0.2) is 59.8 Å². The Labute approximate surface area is 173 Å². The number of ether oxygens (including phenoxy) is 1. The van der Waals surface area contributed by atoms with Crippen molar-refractivity contribution in [2.45, 2.75) is 25.3 Å². The number of rotatable bonds is 3. The molecule has 1 N–H and O–H groups in total. The molecule has 6 nitrogen and oxygen atoms in total. The Morgan fingerprint density at radius 3 is 2.59 bits per heavy atom. The summed E-state index contributed by atoms with van der Waals surface area (Å²) >= 11 is 6.09. The van der Waals surface area contributed by atoms with Gasteiger partial charge in [0.25, 0.3) is 0 Å². The predicted molar refractivity (Wildman–Crippen MR) is 111 cm³/mol. The summed E-state index contributed by atoms with van der Waals surface area (Å²) in [4.78, 5) is 17.6. The maximum atomic E-state index is 12.8. The average molecular weight is 407 g/mol. The largest absolute Gasteiger partial charge is 0.497 e. The molecule has 1 aromatic heterocycles. The first-order valence-corrected chi connectivity index (χ1v) is 9.91. The minimum atomic E-state index is -0.314. The van der Waals surface area contributed by atoms with Crippen molar-refractivity contribution in [3.8, 4) is 17.1 Å². The minimum absolute atomic E-state index is 0.158. The zero-order chi connectivity index (χ0) is 20.0. The summed E-state index contributed by atoms with van der Waals surface area (Å²) in [5.74, 6) is 2.18. The Morgan fingerprint density at radius 1 is 1.10 bits per heavy atom. The van der Waals surface area contributed by atoms with Crippen LogP contribution in [0.2, 0.25) is 5.02 Å². The van der Waals surface area contributed by atoms with Gasteiger partial charge in [-0.05, 0) is 54.8 Å². The van der Waals surface area contributed by atoms with Crippen molar-refractivity contribution in [1.82, 2.24) is 14.8 Å². The molecule has 1 aliphatic heterocycles. The highest BCUT2D eigenvalue weighted by Gasteiger charge is 2.36. The van der Waals surface area contributed by atoms with Crippen molar-refractivity contribution in [3.05, 3.63) is 70.4 Å². The smallest absolute Gasteiger partial charge is 0.226 e. The van der Waals surface area contributed by atoms with Gasteiger partial charge in [0, 0.05) is 28.3 Å². The molecule has 2 aromatic carbocycles. The lowest BCUT2D eigenvalue weighted by Crippen LogP contribution is -2.31. The van der Waals surface area contributed by atoms with E-state index < -0.39 is 0 Å². The highest BCUT2D eigenvalue weighted by molar-refractivity contribution is 6.30. The molecule has 1 atom stereocenters. The van der Waals surface area contributed by atoms with Gasteiger partial charge >= 0.3 is 0 Å². The van der Waals surface area contributed by atoms with Gasteiger partial charge < -0.3 is 10.1 Å². The summed E-state index contributed by atoms with van der Waals surface area (Å²) in [5, 5.41) is 8.77. The highest BCUT2D eigenvalue weighted by atomic mass is 35.5. The van der Waals surface area contributed by atoms with Gasteiger partial charge in [0.15, 0.2) is 11.6 Å². The summed E-state index contributed by atoms with van der Waals surface area (Å²) in [6, 6.07) is 14.9. The van der Waals surface area contributed by atoms with E-state index in [9.17, 15) is 4.79 Å². The van der Waals surface area contributed by atoms with Gasteiger partial charge in [0.1, 0.15) is 11.8 Å². The van der Waals surface area contributed by atoms with Crippen molar-refractivity contribution in [2.75, 3.05) is 12.4 Å². The normalized spacial score (nSPS) is 18.1. The van der Waals surface area contributed by atoms with E-state index in [0.717, 1.165) is 41.0 Å². The molecule has 1 aliphatic carbocycles. The fourth-order valence-electron chi connectivity index (χ4n) is 3.97. The number of carbonyl (C=O) groups is 1. The molecule has 0 radical (unpaired) electrons. The van der Waals surface area contributed by atoms with Gasteiger partial charge in [-0.1, -0.05) is 23.7 Å². The van der Waals surface area contributed by atoms with Gasteiger partial charge in [-0.15, -0.1) is 5.10 Å². The molecule has 146 valence electrons. The quantitative estimate of drug-likeness (QED) is 0.686. The molecule has 7 heteroatoms. The molecule has 0 fully saturated rings. The summed E-state index contributed by atoms with van der Waals surface area (Å²) in [5.41, 5.74) is 3.57. The zero-order valence-corrected chi connectivity index (χ0v) is 16.6. The molecule has 2 aliphatic rings. The van der Waals surface area contributed by atoms with E-state index in [4.69, 9.17) is 26.4 Å². The summed E-state index contributed by atoms with van der Waals surface area (Å²) in [6.45, 7) is 0. The lowest BCUT2D eigenvalue weighted by molar-refractivity contribution is -0.116. The lowest BCUT2D eigenvalue weighted by Gasteiger charge is -2.32. The number of anilines is 1. The molecular formula is C22H19ClN4O2. The number of carbonyl (C=O) groups excluding carboxylic acids is 1. The Balaban J connectivity index is 1.63. The van der Waals surface area contributed by atoms with Crippen LogP contribution in [0, 0.1) is 0 Å². The molecule has 3 aromatic rings. The van der Waals surface area contributed by atoms with Crippen molar-refractivity contribution < 1.29 is 9.53 Å². The van der Waals surface area contributed by atoms with Gasteiger partial charge in [-0.3, -0.25) is 4.79 Å². The van der Waals surface area contributed by atoms with Crippen LogP contribution in [-0.2, 0) is 4.79 Å². The van der Waals surface area contributed by atoms with Gasteiger partial charge in [0.2, 0.25) is 5.95 Å². The monoisotopic (exact) mass is 406 g/mol. The first-order valence-electron chi connectivity index (χ1n) is 9.54. The third kappa shape index (κ3) is 3.09. The number of methoxy groups -OCH3 is 1. The van der Waals surface area contributed by atoms with Crippen LogP contribution < -0.4 is 10.1 Å². The lowest BCUT2D eigenvalue weighted by atomic mass is 9.85. The standard InChI is InChI=1S/C22H19ClN4O2/c1-29-16-11-7-14(8-12-16)21-25-22-24-17-3-2-4-18(28)19(17)20(27(22)26-21)13-5-9-15(23)10-6-13/h5-12,20H,2-4H2,1H3,(H,24,25,26)/t20-/m0/s1. The molecule has 0 amide bonds. The molecule has 0 saturated carbocycles. The molecule has 0 spiro atoms. The fourth-order valence-corrected chi connectivity index (χ4v) is 4.10. The van der Waals surface area contributed by atoms with Gasteiger partial charge in [-0.2, -0.15) is 4.98 Å². The SMILES string of the molecule is COc1ccc(-c2nc3n(n2)[C@@H](c2ccc(Cl)cc2)C2=C(CCCC2=O)N3)cc1. The first-order chi connectivity index (χ1) is 14.1. The van der Waals surface area contributed by atoms with Crippen molar-refractivity contribution >= 4 is 23.3 Å². The summed E-state index contributed by atoms with van der Waals surface area (Å²) in [6.07, 6.45) is 2.23. The average Bonchev–Trinajstić information content (AvgIpc) is 3.17. The molecule has 5 rings (SSSR count). The third-order valence-electron chi connectivity index (χ3n) is 5.40. The number of nitrogens with one attached hydrogen (secondary N) is 1. The second-order valence-electron chi connectivity index (χ2n) is 7.18. The number of hydrogen-bond donors (Lipinski definition) is 1. The molecule has 0 unspecified atom stereocenters. The van der Waals surface area contributed by atoms with E-state index in [-0.39, 0.29) is 11.8 Å². The number of aromatic nitrogens is 3. The van der Waals surface area contributed by atoms with E-state index in [0.29, 0.717) is 23.2 Å². The maximum absolute atomic E-state index is 12.8. The molecule has 0 bridgehead atoms. The Morgan fingerprint density at radius 2 is 1.86 bits per heavy atom. The number of ketones is 1. The molecule has 29 heavy (non-hydrogen) atoms. The van der Waals surface area contributed by atoms with Crippen molar-refractivity contribution in [1.29, 1.82) is 0 Å². The van der Waals surface area contributed by atoms with Crippen LogP contribution in [0.4, 0.5) is 5.95 Å². The van der Waals surface area contributed by atoms with E-state index in [1.54, 1.807) is 7.11 Å². The summed E-state index contributed by atoms with van der Waals surface area (Å²) in [7, 11) is 1.64. The Hall–Kier alpha value is -3.12. The highest BCUT2D eigenvalue weighted by Crippen LogP contribution is 2.40. The van der Waals surface area contributed by atoms with Crippen LogP contribution in [0.25, 0.3) is 11.4 Å². The molecular weight excluding hydrogens is 388 g/mol. The first kappa shape index (κ1) is 17.9. The third-order valence-corrected chi connectivity index (χ3v) is 5.65. The van der Waals surface area contributed by atoms with Crippen LogP contribution in [0.3, 0.4) is 0 Å². The topological polar surface area (TPSA) is 69.0 Å². The minimum Gasteiger partial charge on any atom is -0.497 e. The van der Waals surface area contributed by atoms with Crippen molar-refractivity contribution in [3.63, 3.8) is 0 Å². The molecule has 0 saturated heterocycles. The maximum Gasteiger partial charge on any atom is 0.226 e.